The van der Waals surface area contributed by atoms with Crippen molar-refractivity contribution in [3.8, 4) is 0 Å². The summed E-state index contributed by atoms with van der Waals surface area (Å²) in [4.78, 5) is 13.7. The molecule has 2 saturated heterocycles. The Morgan fingerprint density at radius 1 is 1.47 bits per heavy atom. The lowest BCUT2D eigenvalue weighted by atomic mass is 10.4. The topological polar surface area (TPSA) is 26.8 Å². The van der Waals surface area contributed by atoms with Crippen LogP contribution in [0.3, 0.4) is 0 Å². The van der Waals surface area contributed by atoms with Crippen LogP contribution in [0.15, 0.2) is 0 Å². The Bertz CT molecular complexity index is 240. The second kappa shape index (κ2) is 4.95. The van der Waals surface area contributed by atoms with Crippen molar-refractivity contribution in [3.63, 3.8) is 0 Å². The SMILES string of the molecule is CN1CCN(N(C[C@H]2CS2)C(=O)S)CC1. The number of thiol groups is 1. The number of hydrazine groups is 1. The molecular weight excluding hydrogens is 230 g/mol. The van der Waals surface area contributed by atoms with Crippen molar-refractivity contribution in [1.29, 1.82) is 0 Å². The number of piperazine rings is 1. The maximum absolute atomic E-state index is 11.4. The van der Waals surface area contributed by atoms with Crippen molar-refractivity contribution in [2.45, 2.75) is 5.25 Å². The average Bonchev–Trinajstić information content (AvgIpc) is 2.99. The summed E-state index contributed by atoms with van der Waals surface area (Å²) in [5.41, 5.74) is 0. The Balaban J connectivity index is 1.88. The van der Waals surface area contributed by atoms with Gasteiger partial charge in [0, 0.05) is 37.2 Å². The van der Waals surface area contributed by atoms with Crippen molar-refractivity contribution in [3.05, 3.63) is 0 Å². The normalized spacial score (nSPS) is 27.7. The van der Waals surface area contributed by atoms with Crippen LogP contribution in [0.25, 0.3) is 0 Å². The van der Waals surface area contributed by atoms with Crippen LogP contribution in [0, 0.1) is 0 Å². The van der Waals surface area contributed by atoms with E-state index in [4.69, 9.17) is 0 Å². The van der Waals surface area contributed by atoms with Gasteiger partial charge < -0.3 is 4.90 Å². The summed E-state index contributed by atoms with van der Waals surface area (Å²) < 4.78 is 0. The first-order valence-corrected chi connectivity index (χ1v) is 6.72. The van der Waals surface area contributed by atoms with Crippen molar-refractivity contribution in [2.24, 2.45) is 0 Å². The predicted molar refractivity (Wildman–Crippen MR) is 66.4 cm³/mol. The van der Waals surface area contributed by atoms with Gasteiger partial charge in [0.15, 0.2) is 0 Å². The molecule has 4 nitrogen and oxygen atoms in total. The molecule has 0 spiro atoms. The van der Waals surface area contributed by atoms with E-state index in [0.29, 0.717) is 5.25 Å². The molecule has 0 aromatic rings. The Morgan fingerprint density at radius 2 is 2.07 bits per heavy atom. The molecule has 1 amide bonds. The molecule has 6 heteroatoms. The highest BCUT2D eigenvalue weighted by Gasteiger charge is 2.30. The minimum atomic E-state index is -0.118. The standard InChI is InChI=1S/C9H17N3OS2/c1-10-2-4-11(5-3-10)12(9(13)14)6-8-7-15-8/h8H,2-7H2,1H3,(H,13,14)/t8-/m0/s1. The van der Waals surface area contributed by atoms with E-state index in [9.17, 15) is 4.79 Å². The van der Waals surface area contributed by atoms with E-state index >= 15 is 0 Å². The fourth-order valence-corrected chi connectivity index (χ4v) is 2.41. The molecule has 2 rings (SSSR count). The molecule has 0 N–H and O–H groups in total. The van der Waals surface area contributed by atoms with Crippen LogP contribution in [0.2, 0.25) is 0 Å². The molecule has 0 aromatic heterocycles. The minimum absolute atomic E-state index is 0.118. The van der Waals surface area contributed by atoms with Gasteiger partial charge >= 0.3 is 0 Å². The van der Waals surface area contributed by atoms with Crippen LogP contribution in [-0.2, 0) is 0 Å². The summed E-state index contributed by atoms with van der Waals surface area (Å²) in [6.45, 7) is 4.74. The number of hydrogen-bond donors (Lipinski definition) is 1. The zero-order valence-electron chi connectivity index (χ0n) is 8.93. The lowest BCUT2D eigenvalue weighted by Crippen LogP contribution is -2.54. The molecule has 0 saturated carbocycles. The summed E-state index contributed by atoms with van der Waals surface area (Å²) in [5, 5.41) is 4.46. The molecule has 15 heavy (non-hydrogen) atoms. The van der Waals surface area contributed by atoms with Gasteiger partial charge in [0.05, 0.1) is 6.54 Å². The number of likely N-dealkylation sites (N-methyl/N-ethyl adjacent to an activating group) is 1. The van der Waals surface area contributed by atoms with E-state index in [1.165, 1.54) is 5.75 Å². The van der Waals surface area contributed by atoms with E-state index in [1.807, 2.05) is 11.8 Å². The second-order valence-corrected chi connectivity index (χ2v) is 5.79. The lowest BCUT2D eigenvalue weighted by Gasteiger charge is -2.39. The van der Waals surface area contributed by atoms with E-state index in [1.54, 1.807) is 5.01 Å². The third-order valence-corrected chi connectivity index (χ3v) is 4.01. The smallest absolute Gasteiger partial charge is 0.292 e. The molecule has 0 unspecified atom stereocenters. The fraction of sp³-hybridized carbons (Fsp3) is 0.889. The molecule has 0 aromatic carbocycles. The first-order valence-electron chi connectivity index (χ1n) is 5.22. The maximum atomic E-state index is 11.4. The Morgan fingerprint density at radius 3 is 2.53 bits per heavy atom. The first kappa shape index (κ1) is 11.6. The van der Waals surface area contributed by atoms with E-state index in [-0.39, 0.29) is 5.24 Å². The van der Waals surface area contributed by atoms with Gasteiger partial charge in [0.25, 0.3) is 5.24 Å². The van der Waals surface area contributed by atoms with Gasteiger partial charge in [-0.2, -0.15) is 11.8 Å². The Hall–Kier alpha value is 0.0900. The predicted octanol–water partition coefficient (Wildman–Crippen LogP) is 0.616. The van der Waals surface area contributed by atoms with Crippen molar-refractivity contribution >= 4 is 29.6 Å². The summed E-state index contributed by atoms with van der Waals surface area (Å²) in [7, 11) is 2.11. The van der Waals surface area contributed by atoms with Crippen molar-refractivity contribution < 1.29 is 4.79 Å². The number of thioether (sulfide) groups is 1. The van der Waals surface area contributed by atoms with Crippen LogP contribution in [-0.4, -0.2) is 70.9 Å². The monoisotopic (exact) mass is 247 g/mol. The summed E-state index contributed by atoms with van der Waals surface area (Å²) in [6.07, 6.45) is 0. The first-order chi connectivity index (χ1) is 7.16. The van der Waals surface area contributed by atoms with Gasteiger partial charge in [-0.05, 0) is 7.05 Å². The molecule has 2 aliphatic heterocycles. The number of carbonyl (C=O) groups is 1. The van der Waals surface area contributed by atoms with Crippen LogP contribution < -0.4 is 0 Å². The van der Waals surface area contributed by atoms with Crippen molar-refractivity contribution in [1.82, 2.24) is 14.9 Å². The molecule has 0 bridgehead atoms. The molecule has 0 aliphatic carbocycles. The van der Waals surface area contributed by atoms with Gasteiger partial charge in [0.1, 0.15) is 0 Å². The summed E-state index contributed by atoms with van der Waals surface area (Å²) in [5.74, 6) is 1.19. The van der Waals surface area contributed by atoms with Crippen LogP contribution in [0.1, 0.15) is 0 Å². The highest BCUT2D eigenvalue weighted by molar-refractivity contribution is 8.06. The van der Waals surface area contributed by atoms with Gasteiger partial charge in [-0.15, -0.1) is 0 Å². The van der Waals surface area contributed by atoms with Crippen molar-refractivity contribution in [2.75, 3.05) is 45.5 Å². The molecule has 86 valence electrons. The number of carbonyl (C=O) groups excluding carboxylic acids is 1. The zero-order valence-corrected chi connectivity index (χ0v) is 10.6. The third kappa shape index (κ3) is 3.27. The van der Waals surface area contributed by atoms with Gasteiger partial charge in [0.2, 0.25) is 0 Å². The third-order valence-electron chi connectivity index (χ3n) is 2.82. The van der Waals surface area contributed by atoms with Gasteiger partial charge in [-0.25, -0.2) is 5.01 Å². The maximum Gasteiger partial charge on any atom is 0.292 e. The van der Waals surface area contributed by atoms with Crippen LogP contribution >= 0.6 is 24.4 Å². The number of amides is 1. The largest absolute Gasteiger partial charge is 0.304 e. The summed E-state index contributed by atoms with van der Waals surface area (Å²) in [6, 6.07) is 0. The van der Waals surface area contributed by atoms with Gasteiger partial charge in [-0.3, -0.25) is 9.80 Å². The van der Waals surface area contributed by atoms with E-state index in [2.05, 4.69) is 29.6 Å². The molecule has 2 aliphatic rings. The molecule has 2 heterocycles. The Labute approximate surface area is 100 Å². The molecule has 1 atom stereocenters. The number of rotatable bonds is 3. The molecule has 2 fully saturated rings. The van der Waals surface area contributed by atoms with Crippen LogP contribution in [0.5, 0.6) is 0 Å². The number of nitrogens with zero attached hydrogens (tertiary/aromatic N) is 3. The Kier molecular flexibility index (Phi) is 3.82. The summed E-state index contributed by atoms with van der Waals surface area (Å²) >= 11 is 5.86. The second-order valence-electron chi connectivity index (χ2n) is 4.08. The lowest BCUT2D eigenvalue weighted by molar-refractivity contribution is -0.00766. The zero-order chi connectivity index (χ0) is 10.8. The van der Waals surface area contributed by atoms with E-state index < -0.39 is 0 Å². The molecular formula is C9H17N3OS2. The quantitative estimate of drug-likeness (QED) is 0.584. The number of hydrogen-bond acceptors (Lipinski definition) is 4. The highest BCUT2D eigenvalue weighted by Crippen LogP contribution is 2.31. The van der Waals surface area contributed by atoms with Crippen LogP contribution in [0.4, 0.5) is 4.79 Å². The minimum Gasteiger partial charge on any atom is -0.304 e. The van der Waals surface area contributed by atoms with Gasteiger partial charge in [-0.1, -0.05) is 12.6 Å². The molecule has 0 radical (unpaired) electrons. The van der Waals surface area contributed by atoms with E-state index in [0.717, 1.165) is 32.7 Å². The fourth-order valence-electron chi connectivity index (χ4n) is 1.72. The highest BCUT2D eigenvalue weighted by atomic mass is 32.2. The average molecular weight is 247 g/mol.